The van der Waals surface area contributed by atoms with Gasteiger partial charge in [-0.25, -0.2) is 0 Å². The standard InChI is InChI=1S/C22H25N3OS.ClH/c26-22(24-17-13-15-9-10-16(14-17)23-15)11-12-25-18-5-1-3-7-20(18)27-21-8-4-2-6-19(21)25;/h1-8,15-17,23H,9-14H2,(H,24,26);1H. The molecular weight excluding hydrogens is 390 g/mol. The lowest BCUT2D eigenvalue weighted by Gasteiger charge is -2.33. The smallest absolute Gasteiger partial charge is 0.222 e. The molecule has 3 aliphatic rings. The Labute approximate surface area is 176 Å². The first-order valence-electron chi connectivity index (χ1n) is 9.95. The van der Waals surface area contributed by atoms with Crippen LogP contribution in [0.2, 0.25) is 0 Å². The van der Waals surface area contributed by atoms with Crippen LogP contribution >= 0.6 is 24.2 Å². The van der Waals surface area contributed by atoms with Gasteiger partial charge >= 0.3 is 0 Å². The van der Waals surface area contributed by atoms with Crippen LogP contribution in [0, 0.1) is 0 Å². The van der Waals surface area contributed by atoms with Crippen LogP contribution in [0.1, 0.15) is 32.1 Å². The molecule has 2 bridgehead atoms. The Morgan fingerprint density at radius 1 is 1.00 bits per heavy atom. The van der Waals surface area contributed by atoms with Crippen LogP contribution in [0.15, 0.2) is 58.3 Å². The van der Waals surface area contributed by atoms with Crippen molar-refractivity contribution in [2.75, 3.05) is 11.4 Å². The summed E-state index contributed by atoms with van der Waals surface area (Å²) in [5, 5.41) is 6.93. The number of para-hydroxylation sites is 2. The Bertz CT molecular complexity index is 804. The van der Waals surface area contributed by atoms with E-state index in [0.717, 1.165) is 12.8 Å². The van der Waals surface area contributed by atoms with Crippen LogP contribution in [0.25, 0.3) is 0 Å². The number of benzene rings is 2. The first kappa shape index (κ1) is 19.6. The van der Waals surface area contributed by atoms with E-state index in [2.05, 4.69) is 64.1 Å². The molecule has 4 nitrogen and oxygen atoms in total. The van der Waals surface area contributed by atoms with E-state index in [4.69, 9.17) is 0 Å². The van der Waals surface area contributed by atoms with Crippen molar-refractivity contribution in [1.29, 1.82) is 0 Å². The van der Waals surface area contributed by atoms with Gasteiger partial charge in [-0.3, -0.25) is 4.79 Å². The molecule has 28 heavy (non-hydrogen) atoms. The summed E-state index contributed by atoms with van der Waals surface area (Å²) in [4.78, 5) is 17.5. The average molecular weight is 416 g/mol. The van der Waals surface area contributed by atoms with Crippen LogP contribution < -0.4 is 15.5 Å². The van der Waals surface area contributed by atoms with E-state index in [9.17, 15) is 4.79 Å². The SMILES string of the molecule is Cl.O=C(CCN1c2ccccc2Sc2ccccc21)NC1CC2CCC(C1)N2. The molecule has 0 aliphatic carbocycles. The molecule has 2 N–H and O–H groups in total. The lowest BCUT2D eigenvalue weighted by atomic mass is 10.00. The summed E-state index contributed by atoms with van der Waals surface area (Å²) in [5.74, 6) is 0.175. The summed E-state index contributed by atoms with van der Waals surface area (Å²) in [5.41, 5.74) is 2.41. The van der Waals surface area contributed by atoms with Crippen molar-refractivity contribution in [2.45, 2.75) is 60.0 Å². The molecule has 0 radical (unpaired) electrons. The summed E-state index contributed by atoms with van der Waals surface area (Å²) < 4.78 is 0. The third kappa shape index (κ3) is 3.88. The molecular formula is C22H26ClN3OS. The number of rotatable bonds is 4. The molecule has 148 valence electrons. The van der Waals surface area contributed by atoms with Gasteiger partial charge in [0.05, 0.1) is 11.4 Å². The highest BCUT2D eigenvalue weighted by Gasteiger charge is 2.34. The highest BCUT2D eigenvalue weighted by atomic mass is 35.5. The number of carbonyl (C=O) groups is 1. The van der Waals surface area contributed by atoms with Crippen molar-refractivity contribution in [3.8, 4) is 0 Å². The highest BCUT2D eigenvalue weighted by molar-refractivity contribution is 7.99. The van der Waals surface area contributed by atoms with Crippen molar-refractivity contribution < 1.29 is 4.79 Å². The van der Waals surface area contributed by atoms with Gasteiger partial charge in [0, 0.05) is 40.9 Å². The lowest BCUT2D eigenvalue weighted by Crippen LogP contribution is -2.48. The second-order valence-corrected chi connectivity index (χ2v) is 8.90. The molecule has 3 heterocycles. The van der Waals surface area contributed by atoms with E-state index in [0.29, 0.717) is 31.1 Å². The number of fused-ring (bicyclic) bond motifs is 4. The molecule has 3 aliphatic heterocycles. The number of hydrogen-bond donors (Lipinski definition) is 2. The topological polar surface area (TPSA) is 44.4 Å². The number of hydrogen-bond acceptors (Lipinski definition) is 4. The monoisotopic (exact) mass is 415 g/mol. The summed E-state index contributed by atoms with van der Waals surface area (Å²) in [6.07, 6.45) is 5.20. The average Bonchev–Trinajstić information content (AvgIpc) is 3.03. The Hall–Kier alpha value is -1.69. The highest BCUT2D eigenvalue weighted by Crippen LogP contribution is 2.47. The molecule has 0 spiro atoms. The van der Waals surface area contributed by atoms with E-state index in [-0.39, 0.29) is 18.3 Å². The number of anilines is 2. The van der Waals surface area contributed by atoms with Crippen molar-refractivity contribution in [3.05, 3.63) is 48.5 Å². The normalized spacial score (nSPS) is 24.7. The summed E-state index contributed by atoms with van der Waals surface area (Å²) in [6, 6.07) is 18.5. The van der Waals surface area contributed by atoms with Gasteiger partial charge in [-0.05, 0) is 49.9 Å². The molecule has 2 aromatic rings. The maximum Gasteiger partial charge on any atom is 0.222 e. The number of halogens is 1. The van der Waals surface area contributed by atoms with E-state index in [1.807, 2.05) is 11.8 Å². The number of carbonyl (C=O) groups excluding carboxylic acids is 1. The van der Waals surface area contributed by atoms with Gasteiger partial charge in [-0.2, -0.15) is 0 Å². The zero-order valence-corrected chi connectivity index (χ0v) is 17.4. The van der Waals surface area contributed by atoms with Gasteiger partial charge in [0.2, 0.25) is 5.91 Å². The fraction of sp³-hybridized carbons (Fsp3) is 0.409. The van der Waals surface area contributed by atoms with E-state index >= 15 is 0 Å². The molecule has 0 saturated carbocycles. The Balaban J connectivity index is 0.00000192. The van der Waals surface area contributed by atoms with Crippen molar-refractivity contribution >= 4 is 41.5 Å². The van der Waals surface area contributed by atoms with Crippen molar-refractivity contribution in [3.63, 3.8) is 0 Å². The largest absolute Gasteiger partial charge is 0.353 e. The third-order valence-electron chi connectivity index (χ3n) is 5.93. The zero-order valence-electron chi connectivity index (χ0n) is 15.8. The second-order valence-electron chi connectivity index (χ2n) is 7.81. The van der Waals surface area contributed by atoms with Crippen LogP contribution in [-0.2, 0) is 4.79 Å². The van der Waals surface area contributed by atoms with Crippen LogP contribution in [-0.4, -0.2) is 30.6 Å². The van der Waals surface area contributed by atoms with Gasteiger partial charge in [0.15, 0.2) is 0 Å². The minimum absolute atomic E-state index is 0. The minimum atomic E-state index is 0. The third-order valence-corrected chi connectivity index (χ3v) is 7.06. The van der Waals surface area contributed by atoms with Crippen LogP contribution in [0.4, 0.5) is 11.4 Å². The molecule has 2 atom stereocenters. The summed E-state index contributed by atoms with van der Waals surface area (Å²) in [6.45, 7) is 0.707. The summed E-state index contributed by atoms with van der Waals surface area (Å²) >= 11 is 1.81. The van der Waals surface area contributed by atoms with E-state index in [1.165, 1.54) is 34.0 Å². The molecule has 1 amide bonds. The first-order valence-corrected chi connectivity index (χ1v) is 10.8. The van der Waals surface area contributed by atoms with Crippen molar-refractivity contribution in [2.24, 2.45) is 0 Å². The fourth-order valence-corrected chi connectivity index (χ4v) is 5.81. The maximum absolute atomic E-state index is 12.6. The van der Waals surface area contributed by atoms with Crippen LogP contribution in [0.3, 0.4) is 0 Å². The van der Waals surface area contributed by atoms with Gasteiger partial charge in [0.1, 0.15) is 0 Å². The molecule has 2 saturated heterocycles. The predicted octanol–water partition coefficient (Wildman–Crippen LogP) is 4.50. The van der Waals surface area contributed by atoms with E-state index < -0.39 is 0 Å². The van der Waals surface area contributed by atoms with Crippen molar-refractivity contribution in [1.82, 2.24) is 10.6 Å². The predicted molar refractivity (Wildman–Crippen MR) is 117 cm³/mol. The van der Waals surface area contributed by atoms with Gasteiger partial charge in [-0.15, -0.1) is 12.4 Å². The Morgan fingerprint density at radius 2 is 1.57 bits per heavy atom. The van der Waals surface area contributed by atoms with Gasteiger partial charge < -0.3 is 15.5 Å². The van der Waals surface area contributed by atoms with E-state index in [1.54, 1.807) is 0 Å². The molecule has 2 aromatic carbocycles. The summed E-state index contributed by atoms with van der Waals surface area (Å²) in [7, 11) is 0. The van der Waals surface area contributed by atoms with Gasteiger partial charge in [0.25, 0.3) is 0 Å². The first-order chi connectivity index (χ1) is 13.3. The Morgan fingerprint density at radius 3 is 2.18 bits per heavy atom. The molecule has 2 fully saturated rings. The molecule has 6 heteroatoms. The minimum Gasteiger partial charge on any atom is -0.353 e. The number of nitrogens with one attached hydrogen (secondary N) is 2. The molecule has 0 aromatic heterocycles. The van der Waals surface area contributed by atoms with Gasteiger partial charge in [-0.1, -0.05) is 36.0 Å². The quantitative estimate of drug-likeness (QED) is 0.771. The maximum atomic E-state index is 12.6. The second kappa shape index (κ2) is 8.36. The zero-order chi connectivity index (χ0) is 18.2. The Kier molecular flexibility index (Phi) is 5.85. The molecule has 2 unspecified atom stereocenters. The fourth-order valence-electron chi connectivity index (χ4n) is 4.71. The number of nitrogens with zero attached hydrogens (tertiary/aromatic N) is 1. The number of amides is 1. The van der Waals surface area contributed by atoms with Crippen LogP contribution in [0.5, 0.6) is 0 Å². The number of piperidine rings is 1. The molecule has 5 rings (SSSR count). The lowest BCUT2D eigenvalue weighted by molar-refractivity contribution is -0.121.